The van der Waals surface area contributed by atoms with Gasteiger partial charge in [-0.1, -0.05) is 18.2 Å². The van der Waals surface area contributed by atoms with Crippen LogP contribution in [0, 0.1) is 0 Å². The molecule has 0 saturated carbocycles. The number of aromatic nitrogens is 1. The minimum absolute atomic E-state index is 0.0741. The number of pyridine rings is 1. The van der Waals surface area contributed by atoms with Crippen LogP contribution in [0.5, 0.6) is 5.75 Å². The van der Waals surface area contributed by atoms with Crippen molar-refractivity contribution < 1.29 is 9.53 Å². The number of benzene rings is 1. The number of methoxy groups -OCH3 is 1. The molecule has 1 aromatic carbocycles. The van der Waals surface area contributed by atoms with E-state index in [1.54, 1.807) is 4.57 Å². The first-order valence-electron chi connectivity index (χ1n) is 8.34. The van der Waals surface area contributed by atoms with Gasteiger partial charge in [0.05, 0.1) is 7.11 Å². The number of fused-ring (bicyclic) bond motifs is 2. The molecule has 2 aliphatic rings. The smallest absolute Gasteiger partial charge is 0.264 e. The zero-order chi connectivity index (χ0) is 16.8. The molecule has 1 atom stereocenters. The Morgan fingerprint density at radius 1 is 1.29 bits per heavy atom. The number of nitrogens with zero attached hydrogens (tertiary/aromatic N) is 2. The lowest BCUT2D eigenvalue weighted by Gasteiger charge is -2.25. The monoisotopic (exact) mass is 324 g/mol. The number of anilines is 1. The molecule has 24 heavy (non-hydrogen) atoms. The van der Waals surface area contributed by atoms with E-state index in [9.17, 15) is 9.59 Å². The Hall–Kier alpha value is -2.56. The molecule has 0 aliphatic carbocycles. The van der Waals surface area contributed by atoms with Gasteiger partial charge in [-0.25, -0.2) is 0 Å². The lowest BCUT2D eigenvalue weighted by Crippen LogP contribution is -2.37. The maximum atomic E-state index is 13.4. The number of hydrogen-bond donors (Lipinski definition) is 0. The molecular formula is C19H20N2O3. The normalized spacial score (nSPS) is 18.4. The van der Waals surface area contributed by atoms with Crippen LogP contribution in [0.2, 0.25) is 0 Å². The third kappa shape index (κ3) is 2.08. The van der Waals surface area contributed by atoms with Crippen molar-refractivity contribution in [2.75, 3.05) is 12.0 Å². The molecule has 2 aliphatic heterocycles. The first kappa shape index (κ1) is 15.0. The molecule has 0 N–H and O–H groups in total. The van der Waals surface area contributed by atoms with Crippen molar-refractivity contribution in [3.8, 4) is 5.75 Å². The van der Waals surface area contributed by atoms with E-state index in [-0.39, 0.29) is 17.5 Å². The summed E-state index contributed by atoms with van der Waals surface area (Å²) in [4.78, 5) is 27.5. The van der Waals surface area contributed by atoms with Crippen molar-refractivity contribution in [1.82, 2.24) is 4.57 Å². The molecule has 1 amide bonds. The van der Waals surface area contributed by atoms with Crippen LogP contribution in [0.4, 0.5) is 5.69 Å². The van der Waals surface area contributed by atoms with Gasteiger partial charge >= 0.3 is 0 Å². The Bertz CT molecular complexity index is 885. The summed E-state index contributed by atoms with van der Waals surface area (Å²) in [6.45, 7) is 2.73. The fourth-order valence-corrected chi connectivity index (χ4v) is 3.97. The van der Waals surface area contributed by atoms with Crippen molar-refractivity contribution >= 4 is 11.6 Å². The third-order valence-electron chi connectivity index (χ3n) is 5.04. The molecule has 1 unspecified atom stereocenters. The number of ether oxygens (including phenoxy) is 1. The van der Waals surface area contributed by atoms with Crippen LogP contribution in [0.1, 0.15) is 35.0 Å². The van der Waals surface area contributed by atoms with Crippen LogP contribution >= 0.6 is 0 Å². The van der Waals surface area contributed by atoms with Gasteiger partial charge in [-0.3, -0.25) is 9.59 Å². The van der Waals surface area contributed by atoms with E-state index in [2.05, 4.69) is 13.0 Å². The Morgan fingerprint density at radius 2 is 2.08 bits per heavy atom. The second kappa shape index (κ2) is 5.51. The van der Waals surface area contributed by atoms with Crippen LogP contribution < -0.4 is 15.2 Å². The third-order valence-corrected chi connectivity index (χ3v) is 5.04. The highest BCUT2D eigenvalue weighted by Crippen LogP contribution is 2.35. The molecule has 1 aromatic heterocycles. The molecular weight excluding hydrogens is 304 g/mol. The summed E-state index contributed by atoms with van der Waals surface area (Å²) in [5.41, 5.74) is 3.40. The van der Waals surface area contributed by atoms with Gasteiger partial charge in [0, 0.05) is 30.0 Å². The minimum Gasteiger partial charge on any atom is -0.496 e. The molecule has 0 radical (unpaired) electrons. The summed E-state index contributed by atoms with van der Waals surface area (Å²) in [7, 11) is 1.51. The molecule has 0 spiro atoms. The number of rotatable bonds is 2. The number of para-hydroxylation sites is 1. The Kier molecular flexibility index (Phi) is 3.44. The zero-order valence-corrected chi connectivity index (χ0v) is 13.9. The van der Waals surface area contributed by atoms with Crippen molar-refractivity contribution in [2.24, 2.45) is 0 Å². The highest BCUT2D eigenvalue weighted by atomic mass is 16.5. The summed E-state index contributed by atoms with van der Waals surface area (Å²) >= 11 is 0. The maximum absolute atomic E-state index is 13.4. The van der Waals surface area contributed by atoms with Crippen LogP contribution in [-0.4, -0.2) is 23.6 Å². The summed E-state index contributed by atoms with van der Waals surface area (Å²) in [5, 5.41) is 0. The second-order valence-electron chi connectivity index (χ2n) is 6.48. The maximum Gasteiger partial charge on any atom is 0.264 e. The topological polar surface area (TPSA) is 51.5 Å². The number of carbonyl (C=O) groups excluding carboxylic acids is 1. The Morgan fingerprint density at radius 3 is 2.88 bits per heavy atom. The summed E-state index contributed by atoms with van der Waals surface area (Å²) in [5.74, 6) is 0.310. The molecule has 0 saturated heterocycles. The first-order valence-corrected chi connectivity index (χ1v) is 8.34. The van der Waals surface area contributed by atoms with E-state index >= 15 is 0 Å². The highest BCUT2D eigenvalue weighted by molar-refractivity contribution is 6.10. The summed E-state index contributed by atoms with van der Waals surface area (Å²) in [6, 6.07) is 9.53. The fourth-order valence-electron chi connectivity index (χ4n) is 3.97. The number of carbonyl (C=O) groups is 1. The van der Waals surface area contributed by atoms with Crippen molar-refractivity contribution in [3.05, 3.63) is 57.5 Å². The zero-order valence-electron chi connectivity index (χ0n) is 13.9. The summed E-state index contributed by atoms with van der Waals surface area (Å²) in [6.07, 6.45) is 2.46. The average molecular weight is 324 g/mol. The van der Waals surface area contributed by atoms with Gasteiger partial charge in [0.15, 0.2) is 0 Å². The van der Waals surface area contributed by atoms with E-state index in [0.29, 0.717) is 17.9 Å². The van der Waals surface area contributed by atoms with E-state index in [1.165, 1.54) is 18.7 Å². The number of hydrogen-bond acceptors (Lipinski definition) is 3. The van der Waals surface area contributed by atoms with Crippen molar-refractivity contribution in [1.29, 1.82) is 0 Å². The lowest BCUT2D eigenvalue weighted by molar-refractivity contribution is 0.0977. The van der Waals surface area contributed by atoms with Gasteiger partial charge < -0.3 is 14.2 Å². The van der Waals surface area contributed by atoms with Gasteiger partial charge in [0.25, 0.3) is 11.5 Å². The molecule has 2 aromatic rings. The largest absolute Gasteiger partial charge is 0.496 e. The van der Waals surface area contributed by atoms with Crippen molar-refractivity contribution in [2.45, 2.75) is 38.8 Å². The van der Waals surface area contributed by atoms with Gasteiger partial charge in [-0.15, -0.1) is 0 Å². The van der Waals surface area contributed by atoms with E-state index < -0.39 is 0 Å². The molecule has 5 heteroatoms. The fraction of sp³-hybridized carbons (Fsp3) is 0.368. The number of amides is 1. The van der Waals surface area contributed by atoms with Crippen molar-refractivity contribution in [3.63, 3.8) is 0 Å². The quantitative estimate of drug-likeness (QED) is 0.852. The van der Waals surface area contributed by atoms with Gasteiger partial charge in [0.1, 0.15) is 11.3 Å². The minimum atomic E-state index is -0.0919. The van der Waals surface area contributed by atoms with E-state index in [0.717, 1.165) is 30.6 Å². The lowest BCUT2D eigenvalue weighted by atomic mass is 10.1. The molecule has 4 rings (SSSR count). The average Bonchev–Trinajstić information content (AvgIpc) is 3.17. The van der Waals surface area contributed by atoms with E-state index in [1.807, 2.05) is 23.1 Å². The van der Waals surface area contributed by atoms with Crippen LogP contribution in [0.15, 0.2) is 35.1 Å². The molecule has 0 fully saturated rings. The van der Waals surface area contributed by atoms with Gasteiger partial charge in [0.2, 0.25) is 0 Å². The van der Waals surface area contributed by atoms with Gasteiger partial charge in [-0.2, -0.15) is 0 Å². The molecule has 124 valence electrons. The van der Waals surface area contributed by atoms with E-state index in [4.69, 9.17) is 4.74 Å². The van der Waals surface area contributed by atoms with Crippen LogP contribution in [0.3, 0.4) is 0 Å². The second-order valence-corrected chi connectivity index (χ2v) is 6.48. The Labute approximate surface area is 140 Å². The summed E-state index contributed by atoms with van der Waals surface area (Å²) < 4.78 is 7.11. The highest BCUT2D eigenvalue weighted by Gasteiger charge is 2.35. The predicted octanol–water partition coefficient (Wildman–Crippen LogP) is 2.39. The standard InChI is InChI=1S/C19H20N2O3/c1-12-10-13-6-3-4-7-14(13)21(12)19(23)18-15-8-5-9-20(15)17(22)11-16(18)24-2/h3-4,6-7,11-12H,5,8-10H2,1-2H3. The SMILES string of the molecule is COc1cc(=O)n2c(c1C(=O)N1c3ccccc3CC1C)CCC2. The van der Waals surface area contributed by atoms with Crippen LogP contribution in [-0.2, 0) is 19.4 Å². The Balaban J connectivity index is 1.87. The van der Waals surface area contributed by atoms with Crippen LogP contribution in [0.25, 0.3) is 0 Å². The van der Waals surface area contributed by atoms with Gasteiger partial charge in [-0.05, 0) is 37.8 Å². The first-order chi connectivity index (χ1) is 11.6. The molecule has 0 bridgehead atoms. The molecule has 3 heterocycles. The molecule has 5 nitrogen and oxygen atoms in total. The predicted molar refractivity (Wildman–Crippen MR) is 92.0 cm³/mol.